The Labute approximate surface area is 101 Å². The molecule has 1 aliphatic rings. The van der Waals surface area contributed by atoms with Gasteiger partial charge in [0.1, 0.15) is 0 Å². The number of nitrogens with zero attached hydrogens (tertiary/aromatic N) is 1. The molecule has 0 fully saturated rings. The topological polar surface area (TPSA) is 15.3 Å². The highest BCUT2D eigenvalue weighted by atomic mass is 15.1. The first kappa shape index (κ1) is 13.7. The molecule has 0 aromatic rings. The largest absolute Gasteiger partial charge is 0.315 e. The summed E-state index contributed by atoms with van der Waals surface area (Å²) in [7, 11) is 0. The lowest BCUT2D eigenvalue weighted by atomic mass is 9.84. The van der Waals surface area contributed by atoms with Crippen molar-refractivity contribution in [3.63, 3.8) is 0 Å². The molecule has 1 rings (SSSR count). The SMILES string of the molecule is CCN(CC)CCNCC1CC=CCC1C. The maximum atomic E-state index is 3.61. The van der Waals surface area contributed by atoms with Crippen molar-refractivity contribution in [2.24, 2.45) is 11.8 Å². The number of hydrogen-bond acceptors (Lipinski definition) is 2. The number of nitrogens with one attached hydrogen (secondary N) is 1. The van der Waals surface area contributed by atoms with Crippen molar-refractivity contribution in [3.05, 3.63) is 12.2 Å². The van der Waals surface area contributed by atoms with Crippen LogP contribution in [0.4, 0.5) is 0 Å². The minimum Gasteiger partial charge on any atom is -0.315 e. The van der Waals surface area contributed by atoms with Gasteiger partial charge < -0.3 is 10.2 Å². The average molecular weight is 224 g/mol. The number of rotatable bonds is 7. The molecular formula is C14H28N2. The van der Waals surface area contributed by atoms with Gasteiger partial charge in [-0.1, -0.05) is 32.9 Å². The molecule has 0 bridgehead atoms. The number of likely N-dealkylation sites (N-methyl/N-ethyl adjacent to an activating group) is 1. The Morgan fingerprint density at radius 3 is 2.50 bits per heavy atom. The van der Waals surface area contributed by atoms with Gasteiger partial charge in [0.2, 0.25) is 0 Å². The zero-order valence-corrected chi connectivity index (χ0v) is 11.2. The van der Waals surface area contributed by atoms with Crippen molar-refractivity contribution in [2.45, 2.75) is 33.6 Å². The fourth-order valence-electron chi connectivity index (χ4n) is 2.36. The molecule has 2 nitrogen and oxygen atoms in total. The average Bonchev–Trinajstić information content (AvgIpc) is 2.31. The van der Waals surface area contributed by atoms with E-state index in [1.165, 1.54) is 39.0 Å². The van der Waals surface area contributed by atoms with E-state index in [9.17, 15) is 0 Å². The molecule has 1 aliphatic carbocycles. The van der Waals surface area contributed by atoms with Gasteiger partial charge in [-0.05, 0) is 44.3 Å². The molecule has 0 aliphatic heterocycles. The number of allylic oxidation sites excluding steroid dienone is 2. The standard InChI is InChI=1S/C14H28N2/c1-4-16(5-2)11-10-15-12-14-9-7-6-8-13(14)3/h6-7,13-15H,4-5,8-12H2,1-3H3. The molecular weight excluding hydrogens is 196 g/mol. The molecule has 0 saturated carbocycles. The van der Waals surface area contributed by atoms with Crippen molar-refractivity contribution in [1.29, 1.82) is 0 Å². The highest BCUT2D eigenvalue weighted by Crippen LogP contribution is 2.23. The second-order valence-electron chi connectivity index (χ2n) is 4.91. The second kappa shape index (κ2) is 7.86. The van der Waals surface area contributed by atoms with E-state index in [0.717, 1.165) is 18.4 Å². The summed E-state index contributed by atoms with van der Waals surface area (Å²) in [5, 5.41) is 3.61. The zero-order valence-electron chi connectivity index (χ0n) is 11.2. The smallest absolute Gasteiger partial charge is 0.0107 e. The quantitative estimate of drug-likeness (QED) is 0.528. The molecule has 0 heterocycles. The molecule has 0 aromatic heterocycles. The predicted molar refractivity (Wildman–Crippen MR) is 71.7 cm³/mol. The van der Waals surface area contributed by atoms with Crippen LogP contribution in [-0.2, 0) is 0 Å². The van der Waals surface area contributed by atoms with Crippen LogP contribution < -0.4 is 5.32 Å². The Bertz CT molecular complexity index is 197. The lowest BCUT2D eigenvalue weighted by Crippen LogP contribution is -2.35. The van der Waals surface area contributed by atoms with Gasteiger partial charge in [-0.3, -0.25) is 0 Å². The van der Waals surface area contributed by atoms with E-state index in [4.69, 9.17) is 0 Å². The normalized spacial score (nSPS) is 25.2. The summed E-state index contributed by atoms with van der Waals surface area (Å²) in [5.41, 5.74) is 0. The molecule has 0 amide bonds. The van der Waals surface area contributed by atoms with Crippen molar-refractivity contribution in [2.75, 3.05) is 32.7 Å². The zero-order chi connectivity index (χ0) is 11.8. The van der Waals surface area contributed by atoms with E-state index in [1.54, 1.807) is 0 Å². The fraction of sp³-hybridized carbons (Fsp3) is 0.857. The van der Waals surface area contributed by atoms with Crippen molar-refractivity contribution < 1.29 is 0 Å². The Morgan fingerprint density at radius 2 is 1.88 bits per heavy atom. The first-order chi connectivity index (χ1) is 7.77. The van der Waals surface area contributed by atoms with Gasteiger partial charge in [-0.15, -0.1) is 0 Å². The highest BCUT2D eigenvalue weighted by Gasteiger charge is 2.17. The third-order valence-electron chi connectivity index (χ3n) is 3.82. The van der Waals surface area contributed by atoms with E-state index < -0.39 is 0 Å². The van der Waals surface area contributed by atoms with Crippen molar-refractivity contribution >= 4 is 0 Å². The van der Waals surface area contributed by atoms with Gasteiger partial charge in [-0.25, -0.2) is 0 Å². The van der Waals surface area contributed by atoms with E-state index in [2.05, 4.69) is 43.1 Å². The molecule has 2 heteroatoms. The molecule has 94 valence electrons. The molecule has 1 N–H and O–H groups in total. The third kappa shape index (κ3) is 4.67. The monoisotopic (exact) mass is 224 g/mol. The summed E-state index contributed by atoms with van der Waals surface area (Å²) < 4.78 is 0. The summed E-state index contributed by atoms with van der Waals surface area (Å²) >= 11 is 0. The van der Waals surface area contributed by atoms with Crippen LogP contribution in [0.2, 0.25) is 0 Å². The summed E-state index contributed by atoms with van der Waals surface area (Å²) in [6.07, 6.45) is 7.20. The van der Waals surface area contributed by atoms with Crippen molar-refractivity contribution in [1.82, 2.24) is 10.2 Å². The van der Waals surface area contributed by atoms with E-state index in [-0.39, 0.29) is 0 Å². The van der Waals surface area contributed by atoms with Crippen LogP contribution in [0.1, 0.15) is 33.6 Å². The van der Waals surface area contributed by atoms with Gasteiger partial charge in [0.25, 0.3) is 0 Å². The van der Waals surface area contributed by atoms with E-state index in [0.29, 0.717) is 0 Å². The van der Waals surface area contributed by atoms with Gasteiger partial charge >= 0.3 is 0 Å². The first-order valence-corrected chi connectivity index (χ1v) is 6.86. The lowest BCUT2D eigenvalue weighted by molar-refractivity contribution is 0.286. The van der Waals surface area contributed by atoms with Gasteiger partial charge in [0.15, 0.2) is 0 Å². The fourth-order valence-corrected chi connectivity index (χ4v) is 2.36. The van der Waals surface area contributed by atoms with Crippen LogP contribution in [0.15, 0.2) is 12.2 Å². The predicted octanol–water partition coefficient (Wildman–Crippen LogP) is 2.52. The minimum atomic E-state index is 0.849. The van der Waals surface area contributed by atoms with Crippen LogP contribution in [-0.4, -0.2) is 37.6 Å². The van der Waals surface area contributed by atoms with E-state index in [1.807, 2.05) is 0 Å². The summed E-state index contributed by atoms with van der Waals surface area (Å²) in [6.45, 7) is 12.7. The van der Waals surface area contributed by atoms with Crippen LogP contribution in [0.3, 0.4) is 0 Å². The second-order valence-corrected chi connectivity index (χ2v) is 4.91. The summed E-state index contributed by atoms with van der Waals surface area (Å²) in [5.74, 6) is 1.70. The van der Waals surface area contributed by atoms with Gasteiger partial charge in [-0.2, -0.15) is 0 Å². The molecule has 16 heavy (non-hydrogen) atoms. The lowest BCUT2D eigenvalue weighted by Gasteiger charge is -2.26. The minimum absolute atomic E-state index is 0.849. The molecule has 0 radical (unpaired) electrons. The highest BCUT2D eigenvalue weighted by molar-refractivity contribution is 4.93. The summed E-state index contributed by atoms with van der Waals surface area (Å²) in [6, 6.07) is 0. The molecule has 0 saturated heterocycles. The Balaban J connectivity index is 2.08. The van der Waals surface area contributed by atoms with Gasteiger partial charge in [0, 0.05) is 13.1 Å². The molecule has 0 aromatic carbocycles. The maximum Gasteiger partial charge on any atom is 0.0107 e. The molecule has 0 spiro atoms. The van der Waals surface area contributed by atoms with Crippen LogP contribution in [0, 0.1) is 11.8 Å². The first-order valence-electron chi connectivity index (χ1n) is 6.86. The van der Waals surface area contributed by atoms with Crippen molar-refractivity contribution in [3.8, 4) is 0 Å². The van der Waals surface area contributed by atoms with Crippen LogP contribution in [0.5, 0.6) is 0 Å². The van der Waals surface area contributed by atoms with E-state index >= 15 is 0 Å². The van der Waals surface area contributed by atoms with Crippen LogP contribution >= 0.6 is 0 Å². The summed E-state index contributed by atoms with van der Waals surface area (Å²) in [4.78, 5) is 2.47. The Hall–Kier alpha value is -0.340. The van der Waals surface area contributed by atoms with Gasteiger partial charge in [0.05, 0.1) is 0 Å². The molecule has 2 unspecified atom stereocenters. The molecule has 2 atom stereocenters. The maximum absolute atomic E-state index is 3.61. The Kier molecular flexibility index (Phi) is 6.74. The third-order valence-corrected chi connectivity index (χ3v) is 3.82. The number of hydrogen-bond donors (Lipinski definition) is 1. The van der Waals surface area contributed by atoms with Crippen LogP contribution in [0.25, 0.3) is 0 Å². The Morgan fingerprint density at radius 1 is 1.19 bits per heavy atom.